The minimum atomic E-state index is 0.932. The SMILES string of the molecule is [2H]C1=C(CCCCCC)CC1. The second kappa shape index (κ2) is 4.54. The summed E-state index contributed by atoms with van der Waals surface area (Å²) in [7, 11) is 0. The first-order valence-electron chi connectivity index (χ1n) is 5.02. The normalized spacial score (nSPS) is 18.7. The topological polar surface area (TPSA) is 0 Å². The van der Waals surface area contributed by atoms with E-state index < -0.39 is 0 Å². The first-order chi connectivity index (χ1) is 5.34. The van der Waals surface area contributed by atoms with E-state index in [2.05, 4.69) is 6.92 Å². The van der Waals surface area contributed by atoms with Crippen LogP contribution in [0.4, 0.5) is 0 Å². The second-order valence-corrected chi connectivity index (χ2v) is 3.09. The summed E-state index contributed by atoms with van der Waals surface area (Å²) in [6, 6.07) is 0.932. The van der Waals surface area contributed by atoms with Gasteiger partial charge in [-0.2, -0.15) is 0 Å². The third-order valence-electron chi connectivity index (χ3n) is 2.13. The molecule has 0 atom stereocenters. The average Bonchev–Trinajstić information content (AvgIpc) is 2.02. The molecule has 1 aliphatic carbocycles. The largest absolute Gasteiger partial charge is 0.0850 e. The van der Waals surface area contributed by atoms with E-state index in [1.807, 2.05) is 0 Å². The smallest absolute Gasteiger partial charge is 0.0575 e. The van der Waals surface area contributed by atoms with Crippen molar-refractivity contribution < 1.29 is 1.37 Å². The fourth-order valence-electron chi connectivity index (χ4n) is 1.28. The van der Waals surface area contributed by atoms with E-state index in [1.54, 1.807) is 0 Å². The van der Waals surface area contributed by atoms with E-state index in [0.717, 1.165) is 12.5 Å². The molecule has 58 valence electrons. The molecule has 0 radical (unpaired) electrons. The summed E-state index contributed by atoms with van der Waals surface area (Å²) < 4.78 is 7.43. The summed E-state index contributed by atoms with van der Waals surface area (Å²) >= 11 is 0. The maximum Gasteiger partial charge on any atom is 0.0575 e. The molecule has 1 aliphatic rings. The van der Waals surface area contributed by atoms with Crippen molar-refractivity contribution in [1.82, 2.24) is 0 Å². The number of hydrogen-bond acceptors (Lipinski definition) is 0. The Morgan fingerprint density at radius 1 is 1.50 bits per heavy atom. The Kier molecular flexibility index (Phi) is 2.93. The van der Waals surface area contributed by atoms with Crippen LogP contribution in [0.1, 0.15) is 53.2 Å². The molecule has 0 heterocycles. The Morgan fingerprint density at radius 3 is 2.90 bits per heavy atom. The molecule has 0 aromatic heterocycles. The summed E-state index contributed by atoms with van der Waals surface area (Å²) in [5.41, 5.74) is 1.43. The van der Waals surface area contributed by atoms with Crippen molar-refractivity contribution >= 4 is 0 Å². The highest BCUT2D eigenvalue weighted by atomic mass is 14.1. The molecule has 0 N–H and O–H groups in total. The summed E-state index contributed by atoms with van der Waals surface area (Å²) in [4.78, 5) is 0. The lowest BCUT2D eigenvalue weighted by atomic mass is 9.94. The lowest BCUT2D eigenvalue weighted by Gasteiger charge is -2.13. The standard InChI is InChI=1S/C10H18/c1-2-3-4-5-7-10-8-6-9-10/h8H,2-7,9H2,1H3/i8D. The van der Waals surface area contributed by atoms with Crippen molar-refractivity contribution in [3.8, 4) is 0 Å². The molecule has 0 aliphatic heterocycles. The lowest BCUT2D eigenvalue weighted by molar-refractivity contribution is 0.640. The van der Waals surface area contributed by atoms with Crippen LogP contribution in [0.15, 0.2) is 11.6 Å². The average molecular weight is 139 g/mol. The van der Waals surface area contributed by atoms with Crippen LogP contribution in [0.3, 0.4) is 0 Å². The van der Waals surface area contributed by atoms with Crippen LogP contribution in [-0.4, -0.2) is 0 Å². The highest BCUT2D eigenvalue weighted by molar-refractivity contribution is 5.11. The summed E-state index contributed by atoms with van der Waals surface area (Å²) in [6.07, 6.45) is 8.80. The molecule has 0 heteroatoms. The Hall–Kier alpha value is -0.260. The molecule has 0 bridgehead atoms. The van der Waals surface area contributed by atoms with Crippen molar-refractivity contribution in [3.05, 3.63) is 11.6 Å². The molecule has 1 rings (SSSR count). The van der Waals surface area contributed by atoms with Crippen LogP contribution in [-0.2, 0) is 0 Å². The molecule has 0 spiro atoms. The van der Waals surface area contributed by atoms with Gasteiger partial charge in [-0.25, -0.2) is 0 Å². The predicted octanol–water partition coefficient (Wildman–Crippen LogP) is 3.68. The van der Waals surface area contributed by atoms with E-state index in [0.29, 0.717) is 0 Å². The minimum Gasteiger partial charge on any atom is -0.0850 e. The van der Waals surface area contributed by atoms with Crippen LogP contribution < -0.4 is 0 Å². The third-order valence-corrected chi connectivity index (χ3v) is 2.13. The van der Waals surface area contributed by atoms with Gasteiger partial charge in [0.05, 0.1) is 1.37 Å². The molecule has 0 aromatic rings. The zero-order valence-electron chi connectivity index (χ0n) is 7.95. The zero-order valence-corrected chi connectivity index (χ0v) is 6.95. The van der Waals surface area contributed by atoms with Crippen LogP contribution in [0.2, 0.25) is 0 Å². The first kappa shape index (κ1) is 6.45. The maximum atomic E-state index is 7.43. The Morgan fingerprint density at radius 2 is 2.40 bits per heavy atom. The minimum absolute atomic E-state index is 0.932. The number of allylic oxidation sites excluding steroid dienone is 2. The molecule has 0 aromatic carbocycles. The molecule has 10 heavy (non-hydrogen) atoms. The highest BCUT2D eigenvalue weighted by Crippen LogP contribution is 2.23. The van der Waals surface area contributed by atoms with E-state index in [4.69, 9.17) is 1.37 Å². The molecule has 0 amide bonds. The molecule has 0 saturated heterocycles. The van der Waals surface area contributed by atoms with Gasteiger partial charge in [0.25, 0.3) is 0 Å². The number of unbranched alkanes of at least 4 members (excludes halogenated alkanes) is 3. The monoisotopic (exact) mass is 139 g/mol. The summed E-state index contributed by atoms with van der Waals surface area (Å²) in [5.74, 6) is 0. The number of rotatable bonds is 5. The summed E-state index contributed by atoms with van der Waals surface area (Å²) in [5, 5.41) is 0. The Labute approximate surface area is 65.7 Å². The van der Waals surface area contributed by atoms with Crippen molar-refractivity contribution in [2.45, 2.75) is 51.9 Å². The van der Waals surface area contributed by atoms with Crippen LogP contribution in [0, 0.1) is 0 Å². The molecule has 0 unspecified atom stereocenters. The van der Waals surface area contributed by atoms with E-state index >= 15 is 0 Å². The Bertz CT molecular complexity index is 147. The van der Waals surface area contributed by atoms with Gasteiger partial charge in [0, 0.05) is 0 Å². The molecule has 0 nitrogen and oxygen atoms in total. The second-order valence-electron chi connectivity index (χ2n) is 3.09. The Balaban J connectivity index is 2.00. The van der Waals surface area contributed by atoms with E-state index in [1.165, 1.54) is 44.1 Å². The van der Waals surface area contributed by atoms with Crippen molar-refractivity contribution in [2.24, 2.45) is 0 Å². The zero-order chi connectivity index (χ0) is 8.10. The van der Waals surface area contributed by atoms with Gasteiger partial charge in [-0.3, -0.25) is 0 Å². The molecule has 0 fully saturated rings. The van der Waals surface area contributed by atoms with Crippen LogP contribution >= 0.6 is 0 Å². The van der Waals surface area contributed by atoms with Gasteiger partial charge in [-0.05, 0) is 25.7 Å². The van der Waals surface area contributed by atoms with Crippen molar-refractivity contribution in [3.63, 3.8) is 0 Å². The predicted molar refractivity (Wildman–Crippen MR) is 46.1 cm³/mol. The first-order valence-corrected chi connectivity index (χ1v) is 4.52. The third kappa shape index (κ3) is 2.55. The quantitative estimate of drug-likeness (QED) is 0.402. The van der Waals surface area contributed by atoms with Crippen molar-refractivity contribution in [2.75, 3.05) is 0 Å². The highest BCUT2D eigenvalue weighted by Gasteiger charge is 2.03. The van der Waals surface area contributed by atoms with Gasteiger partial charge in [-0.1, -0.05) is 37.8 Å². The van der Waals surface area contributed by atoms with Gasteiger partial charge in [-0.15, -0.1) is 0 Å². The van der Waals surface area contributed by atoms with Crippen molar-refractivity contribution in [1.29, 1.82) is 0 Å². The fourth-order valence-corrected chi connectivity index (χ4v) is 1.28. The molecule has 0 saturated carbocycles. The van der Waals surface area contributed by atoms with E-state index in [9.17, 15) is 0 Å². The van der Waals surface area contributed by atoms with Gasteiger partial charge >= 0.3 is 0 Å². The van der Waals surface area contributed by atoms with Gasteiger partial charge in [0.2, 0.25) is 0 Å². The fraction of sp³-hybridized carbons (Fsp3) is 0.800. The molecular weight excluding hydrogens is 120 g/mol. The lowest BCUT2D eigenvalue weighted by Crippen LogP contribution is -1.93. The van der Waals surface area contributed by atoms with E-state index in [-0.39, 0.29) is 0 Å². The summed E-state index contributed by atoms with van der Waals surface area (Å²) in [6.45, 7) is 2.23. The maximum absolute atomic E-state index is 7.43. The van der Waals surface area contributed by atoms with Gasteiger partial charge < -0.3 is 0 Å². The molecular formula is C10H18. The van der Waals surface area contributed by atoms with Gasteiger partial charge in [0.1, 0.15) is 0 Å². The van der Waals surface area contributed by atoms with Gasteiger partial charge in [0.15, 0.2) is 0 Å². The number of hydrogen-bond donors (Lipinski definition) is 0. The van der Waals surface area contributed by atoms with Crippen LogP contribution in [0.5, 0.6) is 0 Å². The van der Waals surface area contributed by atoms with Crippen LogP contribution in [0.25, 0.3) is 0 Å².